The third-order valence-corrected chi connectivity index (χ3v) is 6.08. The molecule has 0 atom stereocenters. The van der Waals surface area contributed by atoms with E-state index in [2.05, 4.69) is 25.1 Å². The van der Waals surface area contributed by atoms with Crippen LogP contribution in [0.2, 0.25) is 0 Å². The molecule has 9 nitrogen and oxygen atoms in total. The Balaban J connectivity index is 1.61. The SMILES string of the molecule is CCOc1ccc2[nH]nc(-c3cc(N4CCN(S(C)(=O)=O)CC4)ncn3)c2c1. The molecule has 3 aromatic rings. The van der Waals surface area contributed by atoms with Gasteiger partial charge in [0.1, 0.15) is 23.6 Å². The van der Waals surface area contributed by atoms with Crippen molar-refractivity contribution in [3.8, 4) is 17.1 Å². The van der Waals surface area contributed by atoms with Crippen LogP contribution in [-0.4, -0.2) is 71.9 Å². The maximum atomic E-state index is 11.7. The molecule has 0 bridgehead atoms. The Bertz CT molecular complexity index is 1090. The fourth-order valence-electron chi connectivity index (χ4n) is 3.34. The van der Waals surface area contributed by atoms with Gasteiger partial charge in [-0.2, -0.15) is 9.40 Å². The molecule has 0 spiro atoms. The van der Waals surface area contributed by atoms with Gasteiger partial charge in [-0.25, -0.2) is 18.4 Å². The first-order valence-electron chi connectivity index (χ1n) is 9.09. The first-order chi connectivity index (χ1) is 13.5. The number of sulfonamides is 1. The van der Waals surface area contributed by atoms with Crippen LogP contribution in [0, 0.1) is 0 Å². The van der Waals surface area contributed by atoms with E-state index in [9.17, 15) is 8.42 Å². The molecule has 0 saturated carbocycles. The fourth-order valence-corrected chi connectivity index (χ4v) is 4.17. The smallest absolute Gasteiger partial charge is 0.211 e. The summed E-state index contributed by atoms with van der Waals surface area (Å²) in [6.07, 6.45) is 2.76. The first-order valence-corrected chi connectivity index (χ1v) is 10.9. The van der Waals surface area contributed by atoms with Crippen molar-refractivity contribution in [1.29, 1.82) is 0 Å². The Kier molecular flexibility index (Phi) is 4.90. The van der Waals surface area contributed by atoms with Crippen LogP contribution in [0.15, 0.2) is 30.6 Å². The fraction of sp³-hybridized carbons (Fsp3) is 0.389. The van der Waals surface area contributed by atoms with Crippen LogP contribution in [-0.2, 0) is 10.0 Å². The Morgan fingerprint density at radius 3 is 2.64 bits per heavy atom. The largest absolute Gasteiger partial charge is 0.494 e. The van der Waals surface area contributed by atoms with E-state index in [1.165, 1.54) is 16.9 Å². The maximum Gasteiger partial charge on any atom is 0.211 e. The summed E-state index contributed by atoms with van der Waals surface area (Å²) in [5.41, 5.74) is 2.34. The van der Waals surface area contributed by atoms with Crippen LogP contribution in [0.3, 0.4) is 0 Å². The maximum absolute atomic E-state index is 11.7. The van der Waals surface area contributed by atoms with Crippen LogP contribution < -0.4 is 9.64 Å². The molecule has 0 unspecified atom stereocenters. The van der Waals surface area contributed by atoms with E-state index in [-0.39, 0.29) is 0 Å². The number of nitrogens with zero attached hydrogens (tertiary/aromatic N) is 5. The molecule has 0 radical (unpaired) electrons. The standard InChI is InChI=1S/C18H22N6O3S/c1-3-27-13-4-5-15-14(10-13)18(22-21-15)16-11-17(20-12-19-16)23-6-8-24(9-7-23)28(2,25)26/h4-5,10-12H,3,6-9H2,1-2H3,(H,21,22). The number of aromatic amines is 1. The molecule has 0 amide bonds. The van der Waals surface area contributed by atoms with Crippen molar-refractivity contribution in [2.24, 2.45) is 0 Å². The minimum atomic E-state index is -3.16. The number of piperazine rings is 1. The highest BCUT2D eigenvalue weighted by Crippen LogP contribution is 2.29. The van der Waals surface area contributed by atoms with Gasteiger partial charge in [-0.1, -0.05) is 0 Å². The van der Waals surface area contributed by atoms with Crippen molar-refractivity contribution in [3.63, 3.8) is 0 Å². The lowest BCUT2D eigenvalue weighted by Crippen LogP contribution is -2.48. The molecule has 1 N–H and O–H groups in total. The van der Waals surface area contributed by atoms with Gasteiger partial charge in [-0.15, -0.1) is 0 Å². The first kappa shape index (κ1) is 18.6. The normalized spacial score (nSPS) is 15.9. The van der Waals surface area contributed by atoms with Crippen molar-refractivity contribution in [3.05, 3.63) is 30.6 Å². The number of anilines is 1. The average molecular weight is 402 g/mol. The Morgan fingerprint density at radius 2 is 1.93 bits per heavy atom. The Morgan fingerprint density at radius 1 is 1.14 bits per heavy atom. The highest BCUT2D eigenvalue weighted by Gasteiger charge is 2.24. The second-order valence-electron chi connectivity index (χ2n) is 6.62. The number of fused-ring (bicyclic) bond motifs is 1. The van der Waals surface area contributed by atoms with Crippen LogP contribution in [0.4, 0.5) is 5.82 Å². The molecule has 2 aromatic heterocycles. The van der Waals surface area contributed by atoms with E-state index >= 15 is 0 Å². The third kappa shape index (κ3) is 3.65. The predicted molar refractivity (Wildman–Crippen MR) is 107 cm³/mol. The molecule has 148 valence electrons. The zero-order chi connectivity index (χ0) is 19.7. The molecular weight excluding hydrogens is 380 g/mol. The molecule has 0 aliphatic carbocycles. The van der Waals surface area contributed by atoms with Gasteiger partial charge >= 0.3 is 0 Å². The molecule has 28 heavy (non-hydrogen) atoms. The summed E-state index contributed by atoms with van der Waals surface area (Å²) in [7, 11) is -3.16. The number of aromatic nitrogens is 4. The Labute approximate surface area is 163 Å². The molecule has 3 heterocycles. The monoisotopic (exact) mass is 402 g/mol. The van der Waals surface area contributed by atoms with E-state index in [4.69, 9.17) is 4.74 Å². The highest BCUT2D eigenvalue weighted by atomic mass is 32.2. The van der Waals surface area contributed by atoms with Crippen molar-refractivity contribution >= 4 is 26.7 Å². The summed E-state index contributed by atoms with van der Waals surface area (Å²) in [4.78, 5) is 10.8. The van der Waals surface area contributed by atoms with Gasteiger partial charge in [-0.3, -0.25) is 5.10 Å². The lowest BCUT2D eigenvalue weighted by atomic mass is 10.1. The minimum Gasteiger partial charge on any atom is -0.494 e. The van der Waals surface area contributed by atoms with Crippen LogP contribution >= 0.6 is 0 Å². The molecule has 10 heteroatoms. The Hall–Kier alpha value is -2.72. The summed E-state index contributed by atoms with van der Waals surface area (Å²) in [6.45, 7) is 4.59. The molecule has 4 rings (SSSR count). The van der Waals surface area contributed by atoms with Gasteiger partial charge < -0.3 is 9.64 Å². The van der Waals surface area contributed by atoms with Crippen molar-refractivity contribution in [2.45, 2.75) is 6.92 Å². The molecule has 1 saturated heterocycles. The van der Waals surface area contributed by atoms with E-state index < -0.39 is 10.0 Å². The van der Waals surface area contributed by atoms with Crippen LogP contribution in [0.1, 0.15) is 6.92 Å². The van der Waals surface area contributed by atoms with Gasteiger partial charge in [-0.05, 0) is 25.1 Å². The minimum absolute atomic E-state index is 0.446. The van der Waals surface area contributed by atoms with Gasteiger partial charge in [0.25, 0.3) is 0 Å². The van der Waals surface area contributed by atoms with Crippen molar-refractivity contribution < 1.29 is 13.2 Å². The molecular formula is C18H22N6O3S. The van der Waals surface area contributed by atoms with Gasteiger partial charge in [0, 0.05) is 37.6 Å². The van der Waals surface area contributed by atoms with Crippen LogP contribution in [0.5, 0.6) is 5.75 Å². The number of ether oxygens (including phenoxy) is 1. The lowest BCUT2D eigenvalue weighted by Gasteiger charge is -2.33. The molecule has 1 aliphatic rings. The number of H-pyrrole nitrogens is 1. The number of hydrogen-bond donors (Lipinski definition) is 1. The van der Waals surface area contributed by atoms with Gasteiger partial charge in [0.05, 0.1) is 24.1 Å². The zero-order valence-electron chi connectivity index (χ0n) is 15.8. The number of nitrogens with one attached hydrogen (secondary N) is 1. The molecule has 1 aliphatic heterocycles. The highest BCUT2D eigenvalue weighted by molar-refractivity contribution is 7.88. The van der Waals surface area contributed by atoms with Gasteiger partial charge in [0.2, 0.25) is 10.0 Å². The quantitative estimate of drug-likeness (QED) is 0.689. The second-order valence-corrected chi connectivity index (χ2v) is 8.61. The number of hydrogen-bond acceptors (Lipinski definition) is 7. The average Bonchev–Trinajstić information content (AvgIpc) is 3.11. The van der Waals surface area contributed by atoms with Crippen molar-refractivity contribution in [1.82, 2.24) is 24.5 Å². The lowest BCUT2D eigenvalue weighted by molar-refractivity contribution is 0.341. The van der Waals surface area contributed by atoms with Crippen molar-refractivity contribution in [2.75, 3.05) is 43.9 Å². The van der Waals surface area contributed by atoms with E-state index in [0.717, 1.165) is 28.2 Å². The number of benzene rings is 1. The molecule has 1 fully saturated rings. The summed E-state index contributed by atoms with van der Waals surface area (Å²) in [5, 5.41) is 8.37. The van der Waals surface area contributed by atoms with Crippen LogP contribution in [0.25, 0.3) is 22.3 Å². The third-order valence-electron chi connectivity index (χ3n) is 4.77. The predicted octanol–water partition coefficient (Wildman–Crippen LogP) is 1.50. The summed E-state index contributed by atoms with van der Waals surface area (Å²) in [6, 6.07) is 7.67. The summed E-state index contributed by atoms with van der Waals surface area (Å²) < 4.78 is 30.5. The topological polar surface area (TPSA) is 104 Å². The van der Waals surface area contributed by atoms with E-state index in [1.807, 2.05) is 31.2 Å². The molecule has 1 aromatic carbocycles. The summed E-state index contributed by atoms with van der Waals surface area (Å²) in [5.74, 6) is 1.54. The van der Waals surface area contributed by atoms with Gasteiger partial charge in [0.15, 0.2) is 0 Å². The second kappa shape index (κ2) is 7.36. The number of rotatable bonds is 5. The zero-order valence-corrected chi connectivity index (χ0v) is 16.6. The van der Waals surface area contributed by atoms with E-state index in [1.54, 1.807) is 0 Å². The summed E-state index contributed by atoms with van der Waals surface area (Å²) >= 11 is 0. The van der Waals surface area contributed by atoms with E-state index in [0.29, 0.717) is 38.5 Å².